The number of imidazole rings is 1. The van der Waals surface area contributed by atoms with Gasteiger partial charge in [-0.1, -0.05) is 67.1 Å². The van der Waals surface area contributed by atoms with Gasteiger partial charge in [-0.2, -0.15) is 4.98 Å². The van der Waals surface area contributed by atoms with Crippen molar-refractivity contribution in [3.05, 3.63) is 87.5 Å². The fourth-order valence-electron chi connectivity index (χ4n) is 4.50. The molecule has 0 fully saturated rings. The van der Waals surface area contributed by atoms with Gasteiger partial charge in [0.2, 0.25) is 11.9 Å². The zero-order valence-electron chi connectivity index (χ0n) is 26.8. The quantitative estimate of drug-likeness (QED) is 0.148. The van der Waals surface area contributed by atoms with Crippen LogP contribution in [0.3, 0.4) is 0 Å². The Bertz CT molecular complexity index is 1950. The lowest BCUT2D eigenvalue weighted by molar-refractivity contribution is -0.144. The van der Waals surface area contributed by atoms with Crippen molar-refractivity contribution in [2.75, 3.05) is 43.6 Å². The summed E-state index contributed by atoms with van der Waals surface area (Å²) >= 11 is 0. The number of carbonyl (C=O) groups excluding carboxylic acids is 3. The number of alkyl carbamates (subject to hydrolysis) is 1. The van der Waals surface area contributed by atoms with E-state index in [1.54, 1.807) is 0 Å². The van der Waals surface area contributed by atoms with Crippen LogP contribution < -0.4 is 16.2 Å². The van der Waals surface area contributed by atoms with Gasteiger partial charge in [0.05, 0.1) is 12.1 Å². The van der Waals surface area contributed by atoms with Crippen LogP contribution in [-0.2, 0) is 35.4 Å². The van der Waals surface area contributed by atoms with E-state index >= 15 is 0 Å². The molecule has 0 saturated carbocycles. The van der Waals surface area contributed by atoms with Crippen LogP contribution >= 0.6 is 0 Å². The number of nitrogens with zero attached hydrogens (tertiary/aromatic N) is 4. The molecule has 0 aliphatic rings. The van der Waals surface area contributed by atoms with Crippen LogP contribution in [0.25, 0.3) is 11.2 Å². The second-order valence-electron chi connectivity index (χ2n) is 11.1. The minimum Gasteiger partial charge on any atom is -0.480 e. The number of H-pyrrole nitrogens is 1. The third-order valence-corrected chi connectivity index (χ3v) is 7.91. The van der Waals surface area contributed by atoms with E-state index in [-0.39, 0.29) is 37.6 Å². The number of sulfone groups is 1. The van der Waals surface area contributed by atoms with Gasteiger partial charge in [-0.15, -0.1) is 0 Å². The van der Waals surface area contributed by atoms with Crippen molar-refractivity contribution in [3.8, 4) is 0 Å². The molecule has 18 heteroatoms. The molecule has 0 unspecified atom stereocenters. The number of anilines is 1. The van der Waals surface area contributed by atoms with Crippen molar-refractivity contribution in [1.29, 1.82) is 0 Å². The first-order valence-corrected chi connectivity index (χ1v) is 16.9. The molecule has 2 aromatic carbocycles. The highest BCUT2D eigenvalue weighted by atomic mass is 32.2. The molecule has 0 atom stereocenters. The standard InChI is InChI=1S/C31H35N7O10S.CH4/c1-19-4-8-21(9-5-19)26(22-10-6-20(2)7-11-22)48-30(43)32-12-13-37(17-24(40)41)23(39)16-38-18-33-25-27(38)34-29(35-28(25)42)36-31(44)47-14-15-49(3,45)46;/h4-11,18,26H,12-17H2,1-3H3,(H,32,43)(H,40,41)(H2,34,35,36,42,44);1H4. The lowest BCUT2D eigenvalue weighted by Crippen LogP contribution is -2.43. The Morgan fingerprint density at radius 1 is 1.00 bits per heavy atom. The van der Waals surface area contributed by atoms with Gasteiger partial charge in [0.15, 0.2) is 27.1 Å². The number of aryl methyl sites for hydroxylation is 2. The number of carbonyl (C=O) groups is 4. The second kappa shape index (κ2) is 17.0. The molecule has 4 N–H and O–H groups in total. The van der Waals surface area contributed by atoms with E-state index < -0.39 is 71.0 Å². The molecule has 0 aliphatic heterocycles. The molecule has 0 radical (unpaired) electrons. The average molecular weight is 714 g/mol. The smallest absolute Gasteiger partial charge is 0.414 e. The summed E-state index contributed by atoms with van der Waals surface area (Å²) in [5.74, 6) is -2.79. The van der Waals surface area contributed by atoms with E-state index in [1.807, 2.05) is 62.4 Å². The Kier molecular flexibility index (Phi) is 13.2. The fraction of sp³-hybridized carbons (Fsp3) is 0.344. The highest BCUT2D eigenvalue weighted by molar-refractivity contribution is 7.90. The number of aliphatic carboxylic acids is 1. The Labute approximate surface area is 287 Å². The monoisotopic (exact) mass is 713 g/mol. The summed E-state index contributed by atoms with van der Waals surface area (Å²) in [5, 5.41) is 14.2. The molecule has 2 heterocycles. The van der Waals surface area contributed by atoms with Gasteiger partial charge in [-0.05, 0) is 25.0 Å². The number of carboxylic acids is 1. The summed E-state index contributed by atoms with van der Waals surface area (Å²) in [4.78, 5) is 73.6. The molecule has 0 saturated heterocycles. The van der Waals surface area contributed by atoms with Gasteiger partial charge in [0.1, 0.15) is 19.7 Å². The zero-order valence-corrected chi connectivity index (χ0v) is 27.7. The van der Waals surface area contributed by atoms with E-state index in [1.165, 1.54) is 4.57 Å². The number of amides is 3. The van der Waals surface area contributed by atoms with E-state index in [9.17, 15) is 37.5 Å². The van der Waals surface area contributed by atoms with Crippen LogP contribution in [0.1, 0.15) is 35.8 Å². The lowest BCUT2D eigenvalue weighted by Gasteiger charge is -2.22. The molecule has 4 aromatic rings. The minimum atomic E-state index is -3.38. The van der Waals surface area contributed by atoms with Crippen molar-refractivity contribution >= 4 is 51.0 Å². The summed E-state index contributed by atoms with van der Waals surface area (Å²) in [5.41, 5.74) is 2.51. The first-order chi connectivity index (χ1) is 23.2. The van der Waals surface area contributed by atoms with E-state index in [4.69, 9.17) is 9.47 Å². The van der Waals surface area contributed by atoms with Crippen molar-refractivity contribution < 1.29 is 42.2 Å². The number of ether oxygens (including phenoxy) is 2. The summed E-state index contributed by atoms with van der Waals surface area (Å²) in [6.45, 7) is 1.90. The average Bonchev–Trinajstić information content (AvgIpc) is 3.42. The highest BCUT2D eigenvalue weighted by Gasteiger charge is 2.22. The molecule has 4 rings (SSSR count). The van der Waals surface area contributed by atoms with Gasteiger partial charge in [0.25, 0.3) is 5.56 Å². The van der Waals surface area contributed by atoms with E-state index in [0.29, 0.717) is 0 Å². The third kappa shape index (κ3) is 11.1. The van der Waals surface area contributed by atoms with Gasteiger partial charge in [0, 0.05) is 19.3 Å². The first-order valence-electron chi connectivity index (χ1n) is 14.8. The highest BCUT2D eigenvalue weighted by Crippen LogP contribution is 2.27. The van der Waals surface area contributed by atoms with E-state index in [0.717, 1.165) is 39.7 Å². The number of nitrogens with one attached hydrogen (secondary N) is 3. The largest absolute Gasteiger partial charge is 0.480 e. The molecule has 2 aromatic heterocycles. The minimum absolute atomic E-state index is 0. The maximum Gasteiger partial charge on any atom is 0.414 e. The van der Waals surface area contributed by atoms with Gasteiger partial charge in [-0.25, -0.2) is 23.0 Å². The topological polar surface area (TPSA) is 232 Å². The van der Waals surface area contributed by atoms with Gasteiger partial charge in [-0.3, -0.25) is 24.7 Å². The number of hydrogen-bond donors (Lipinski definition) is 4. The van der Waals surface area contributed by atoms with Gasteiger partial charge >= 0.3 is 18.2 Å². The Morgan fingerprint density at radius 2 is 1.60 bits per heavy atom. The molecular weight excluding hydrogens is 674 g/mol. The van der Waals surface area contributed by atoms with Crippen molar-refractivity contribution in [3.63, 3.8) is 0 Å². The first kappa shape index (κ1) is 38.7. The second-order valence-corrected chi connectivity index (χ2v) is 13.4. The molecular formula is C32H39N7O10S. The predicted molar refractivity (Wildman–Crippen MR) is 182 cm³/mol. The van der Waals surface area contributed by atoms with Crippen molar-refractivity contribution in [2.45, 2.75) is 33.9 Å². The van der Waals surface area contributed by atoms with E-state index in [2.05, 4.69) is 25.6 Å². The summed E-state index contributed by atoms with van der Waals surface area (Å²) in [6.07, 6.45) is -0.480. The number of fused-ring (bicyclic) bond motifs is 1. The normalized spacial score (nSPS) is 11.0. The number of carboxylic acid groups (broad SMARTS) is 1. The number of aromatic nitrogens is 4. The maximum atomic E-state index is 13.2. The van der Waals surface area contributed by atoms with Crippen LogP contribution in [0.4, 0.5) is 15.5 Å². The fourth-order valence-corrected chi connectivity index (χ4v) is 4.89. The lowest BCUT2D eigenvalue weighted by atomic mass is 9.99. The molecule has 50 heavy (non-hydrogen) atoms. The Balaban J connectivity index is 0.00000676. The number of hydrogen-bond acceptors (Lipinski definition) is 11. The number of rotatable bonds is 14. The summed E-state index contributed by atoms with van der Waals surface area (Å²) in [6, 6.07) is 15.0. The van der Waals surface area contributed by atoms with Gasteiger partial charge < -0.3 is 29.4 Å². The predicted octanol–water partition coefficient (Wildman–Crippen LogP) is 2.39. The van der Waals surface area contributed by atoms with Crippen molar-refractivity contribution in [1.82, 2.24) is 29.7 Å². The SMILES string of the molecule is C.Cc1ccc(C(OC(=O)NCCN(CC(=O)O)C(=O)Cn2cnc3c(=O)[nH]c(NC(=O)OCCS(C)(=O)=O)nc32)c2ccc(C)cc2)cc1. The maximum absolute atomic E-state index is 13.2. The molecule has 0 bridgehead atoms. The molecule has 0 spiro atoms. The molecule has 268 valence electrons. The summed E-state index contributed by atoms with van der Waals surface area (Å²) in [7, 11) is -3.38. The third-order valence-electron chi connectivity index (χ3n) is 7.00. The zero-order chi connectivity index (χ0) is 35.7. The Morgan fingerprint density at radius 3 is 2.16 bits per heavy atom. The number of aromatic amines is 1. The van der Waals surface area contributed by atoms with Crippen LogP contribution in [0.2, 0.25) is 0 Å². The Hall–Kier alpha value is -5.78. The van der Waals surface area contributed by atoms with Crippen LogP contribution in [0.5, 0.6) is 0 Å². The van der Waals surface area contributed by atoms with Crippen LogP contribution in [0, 0.1) is 13.8 Å². The summed E-state index contributed by atoms with van der Waals surface area (Å²) < 4.78 is 34.2. The molecule has 0 aliphatic carbocycles. The van der Waals surface area contributed by atoms with Crippen LogP contribution in [0.15, 0.2) is 59.7 Å². The number of benzene rings is 2. The molecule has 3 amide bonds. The van der Waals surface area contributed by atoms with Crippen molar-refractivity contribution in [2.24, 2.45) is 0 Å². The molecule has 17 nitrogen and oxygen atoms in total. The van der Waals surface area contributed by atoms with Crippen LogP contribution in [-0.4, -0.2) is 100 Å².